The molecule has 0 aliphatic carbocycles. The maximum Gasteiger partial charge on any atom is 0.129 e. The van der Waals surface area contributed by atoms with E-state index in [1.807, 2.05) is 25.1 Å². The largest absolute Gasteiger partial charge is 0.389 e. The maximum absolute atomic E-state index is 9.65. The Balaban J connectivity index is 2.81. The van der Waals surface area contributed by atoms with E-state index < -0.39 is 6.10 Å². The highest BCUT2D eigenvalue weighted by Gasteiger charge is 2.09. The van der Waals surface area contributed by atoms with E-state index >= 15 is 0 Å². The van der Waals surface area contributed by atoms with Gasteiger partial charge < -0.3 is 5.11 Å². The van der Waals surface area contributed by atoms with Crippen LogP contribution in [0.25, 0.3) is 10.9 Å². The van der Waals surface area contributed by atoms with Gasteiger partial charge >= 0.3 is 0 Å². The van der Waals surface area contributed by atoms with Gasteiger partial charge in [0.25, 0.3) is 0 Å². The topological polar surface area (TPSA) is 33.1 Å². The van der Waals surface area contributed by atoms with Crippen molar-refractivity contribution in [3.63, 3.8) is 0 Å². The number of halogens is 1. The van der Waals surface area contributed by atoms with Crippen LogP contribution in [0.4, 0.5) is 0 Å². The van der Waals surface area contributed by atoms with Gasteiger partial charge in [-0.15, -0.1) is 0 Å². The van der Waals surface area contributed by atoms with Crippen LogP contribution in [0, 0.1) is 6.92 Å². The van der Waals surface area contributed by atoms with Crippen LogP contribution < -0.4 is 0 Å². The van der Waals surface area contributed by atoms with Crippen molar-refractivity contribution in [2.75, 3.05) is 0 Å². The number of aliphatic hydroxyl groups is 1. The van der Waals surface area contributed by atoms with Gasteiger partial charge in [-0.1, -0.05) is 23.2 Å². The van der Waals surface area contributed by atoms with Crippen molar-refractivity contribution < 1.29 is 5.11 Å². The number of benzene rings is 1. The lowest BCUT2D eigenvalue weighted by Crippen LogP contribution is -1.95. The molecule has 1 heterocycles. The van der Waals surface area contributed by atoms with Crippen molar-refractivity contribution in [1.82, 2.24) is 4.98 Å². The molecule has 0 fully saturated rings. The summed E-state index contributed by atoms with van der Waals surface area (Å²) in [5, 5.41) is 11.1. The van der Waals surface area contributed by atoms with Crippen molar-refractivity contribution in [2.45, 2.75) is 20.0 Å². The number of hydrogen-bond acceptors (Lipinski definition) is 2. The third-order valence-corrected chi connectivity index (χ3v) is 2.59. The Morgan fingerprint density at radius 1 is 1.33 bits per heavy atom. The summed E-state index contributed by atoms with van der Waals surface area (Å²) in [6.07, 6.45) is -0.529. The highest BCUT2D eigenvalue weighted by atomic mass is 35.5. The number of pyridine rings is 1. The molecule has 0 radical (unpaired) electrons. The van der Waals surface area contributed by atoms with Crippen LogP contribution >= 0.6 is 11.6 Å². The molecular formula is C12H12ClNO. The minimum atomic E-state index is -0.529. The normalized spacial score (nSPS) is 13.1. The van der Waals surface area contributed by atoms with E-state index in [1.165, 1.54) is 0 Å². The fourth-order valence-corrected chi connectivity index (χ4v) is 1.86. The molecular weight excluding hydrogens is 210 g/mol. The molecule has 2 nitrogen and oxygen atoms in total. The number of hydrogen-bond donors (Lipinski definition) is 1. The Labute approximate surface area is 93.5 Å². The van der Waals surface area contributed by atoms with Crippen LogP contribution in [0.1, 0.15) is 24.2 Å². The van der Waals surface area contributed by atoms with Crippen molar-refractivity contribution in [3.8, 4) is 0 Å². The SMILES string of the molecule is Cc1cc(C(C)O)c2nc(Cl)ccc2c1. The highest BCUT2D eigenvalue weighted by Crippen LogP contribution is 2.25. The van der Waals surface area contributed by atoms with Gasteiger partial charge in [-0.2, -0.15) is 0 Å². The Bertz CT molecular complexity index is 508. The molecule has 1 N–H and O–H groups in total. The molecule has 0 aliphatic heterocycles. The fraction of sp³-hybridized carbons (Fsp3) is 0.250. The molecule has 0 saturated carbocycles. The predicted molar refractivity (Wildman–Crippen MR) is 62.1 cm³/mol. The molecule has 1 aromatic carbocycles. The summed E-state index contributed by atoms with van der Waals surface area (Å²) in [4.78, 5) is 4.24. The first-order chi connectivity index (χ1) is 7.08. The number of fused-ring (bicyclic) bond motifs is 1. The zero-order valence-corrected chi connectivity index (χ0v) is 9.42. The molecule has 1 aromatic heterocycles. The quantitative estimate of drug-likeness (QED) is 0.750. The van der Waals surface area contributed by atoms with Gasteiger partial charge in [-0.05, 0) is 32.0 Å². The number of aryl methyl sites for hydroxylation is 1. The second-order valence-electron chi connectivity index (χ2n) is 3.74. The number of rotatable bonds is 1. The lowest BCUT2D eigenvalue weighted by molar-refractivity contribution is 0.200. The van der Waals surface area contributed by atoms with Gasteiger partial charge in [0.2, 0.25) is 0 Å². The van der Waals surface area contributed by atoms with E-state index in [0.717, 1.165) is 22.0 Å². The van der Waals surface area contributed by atoms with Gasteiger partial charge in [0, 0.05) is 10.9 Å². The third kappa shape index (κ3) is 1.96. The van der Waals surface area contributed by atoms with Gasteiger partial charge in [0.05, 0.1) is 11.6 Å². The van der Waals surface area contributed by atoms with E-state index in [4.69, 9.17) is 11.6 Å². The summed E-state index contributed by atoms with van der Waals surface area (Å²) in [6.45, 7) is 3.73. The zero-order valence-electron chi connectivity index (χ0n) is 8.66. The van der Waals surface area contributed by atoms with Crippen LogP contribution in [0.15, 0.2) is 24.3 Å². The van der Waals surface area contributed by atoms with Gasteiger partial charge in [-0.3, -0.25) is 0 Å². The molecule has 78 valence electrons. The van der Waals surface area contributed by atoms with E-state index in [0.29, 0.717) is 5.15 Å². The summed E-state index contributed by atoms with van der Waals surface area (Å²) in [7, 11) is 0. The summed E-state index contributed by atoms with van der Waals surface area (Å²) < 4.78 is 0. The standard InChI is InChI=1S/C12H12ClNO/c1-7-5-9-3-4-11(13)14-12(9)10(6-7)8(2)15/h3-6,8,15H,1-2H3. The molecule has 15 heavy (non-hydrogen) atoms. The molecule has 0 aliphatic rings. The molecule has 1 atom stereocenters. The zero-order chi connectivity index (χ0) is 11.0. The van der Waals surface area contributed by atoms with Gasteiger partial charge in [0.15, 0.2) is 0 Å². The molecule has 0 spiro atoms. The van der Waals surface area contributed by atoms with Crippen LogP contribution in [-0.4, -0.2) is 10.1 Å². The van der Waals surface area contributed by atoms with Crippen LogP contribution in [0.3, 0.4) is 0 Å². The van der Waals surface area contributed by atoms with E-state index in [2.05, 4.69) is 4.98 Å². The lowest BCUT2D eigenvalue weighted by atomic mass is 10.0. The van der Waals surface area contributed by atoms with Crippen LogP contribution in [-0.2, 0) is 0 Å². The molecule has 2 aromatic rings. The van der Waals surface area contributed by atoms with Gasteiger partial charge in [-0.25, -0.2) is 4.98 Å². The Morgan fingerprint density at radius 2 is 2.07 bits per heavy atom. The summed E-state index contributed by atoms with van der Waals surface area (Å²) in [5.41, 5.74) is 2.72. The first-order valence-electron chi connectivity index (χ1n) is 4.83. The number of nitrogens with zero attached hydrogens (tertiary/aromatic N) is 1. The monoisotopic (exact) mass is 221 g/mol. The smallest absolute Gasteiger partial charge is 0.129 e. The highest BCUT2D eigenvalue weighted by molar-refractivity contribution is 6.29. The van der Waals surface area contributed by atoms with Crippen LogP contribution in [0.5, 0.6) is 0 Å². The van der Waals surface area contributed by atoms with Gasteiger partial charge in [0.1, 0.15) is 5.15 Å². The van der Waals surface area contributed by atoms with Crippen molar-refractivity contribution >= 4 is 22.5 Å². The van der Waals surface area contributed by atoms with E-state index in [-0.39, 0.29) is 0 Å². The minimum absolute atomic E-state index is 0.452. The summed E-state index contributed by atoms with van der Waals surface area (Å²) in [6, 6.07) is 7.65. The van der Waals surface area contributed by atoms with Crippen molar-refractivity contribution in [2.24, 2.45) is 0 Å². The molecule has 0 bridgehead atoms. The lowest BCUT2D eigenvalue weighted by Gasteiger charge is -2.10. The van der Waals surface area contributed by atoms with Crippen LogP contribution in [0.2, 0.25) is 5.15 Å². The predicted octanol–water partition coefficient (Wildman–Crippen LogP) is 3.25. The summed E-state index contributed by atoms with van der Waals surface area (Å²) in [5.74, 6) is 0. The minimum Gasteiger partial charge on any atom is -0.389 e. The molecule has 1 unspecified atom stereocenters. The molecule has 2 rings (SSSR count). The Hall–Kier alpha value is -1.12. The van der Waals surface area contributed by atoms with Crippen molar-refractivity contribution in [1.29, 1.82) is 0 Å². The third-order valence-electron chi connectivity index (χ3n) is 2.38. The second-order valence-corrected chi connectivity index (χ2v) is 4.12. The molecule has 0 saturated heterocycles. The number of aromatic nitrogens is 1. The second kappa shape index (κ2) is 3.80. The summed E-state index contributed by atoms with van der Waals surface area (Å²) >= 11 is 5.84. The molecule has 3 heteroatoms. The van der Waals surface area contributed by atoms with Crippen molar-refractivity contribution in [3.05, 3.63) is 40.5 Å². The first kappa shape index (κ1) is 10.4. The average Bonchev–Trinajstić information content (AvgIpc) is 2.17. The Kier molecular flexibility index (Phi) is 2.63. The fourth-order valence-electron chi connectivity index (χ4n) is 1.71. The Morgan fingerprint density at radius 3 is 2.73 bits per heavy atom. The maximum atomic E-state index is 9.65. The first-order valence-corrected chi connectivity index (χ1v) is 5.20. The molecule has 0 amide bonds. The average molecular weight is 222 g/mol. The number of aliphatic hydroxyl groups excluding tert-OH is 1. The van der Waals surface area contributed by atoms with E-state index in [9.17, 15) is 5.11 Å². The van der Waals surface area contributed by atoms with E-state index in [1.54, 1.807) is 13.0 Å².